The molecule has 1 aromatic carbocycles. The number of nitrogens with zero attached hydrogens (tertiary/aromatic N) is 2. The van der Waals surface area contributed by atoms with E-state index in [9.17, 15) is 4.79 Å². The van der Waals surface area contributed by atoms with Crippen LogP contribution in [0.15, 0.2) is 35.4 Å². The van der Waals surface area contributed by atoms with Gasteiger partial charge in [-0.2, -0.15) is 0 Å². The number of thiazole rings is 1. The van der Waals surface area contributed by atoms with E-state index in [1.807, 2.05) is 37.4 Å². The molecule has 0 amide bonds. The quantitative estimate of drug-likeness (QED) is 0.598. The fourth-order valence-corrected chi connectivity index (χ4v) is 4.35. The van der Waals surface area contributed by atoms with Crippen LogP contribution >= 0.6 is 23.1 Å². The average Bonchev–Trinajstić information content (AvgIpc) is 2.99. The molecule has 3 rings (SSSR count). The van der Waals surface area contributed by atoms with Crippen LogP contribution in [0.1, 0.15) is 33.1 Å². The predicted octanol–water partition coefficient (Wildman–Crippen LogP) is 4.27. The van der Waals surface area contributed by atoms with E-state index >= 15 is 0 Å². The summed E-state index contributed by atoms with van der Waals surface area (Å²) in [5.74, 6) is 0.417. The molecule has 1 aliphatic heterocycles. The van der Waals surface area contributed by atoms with Gasteiger partial charge in [-0.05, 0) is 44.7 Å². The van der Waals surface area contributed by atoms with Crippen molar-refractivity contribution in [3.05, 3.63) is 45.9 Å². The number of benzene rings is 1. The van der Waals surface area contributed by atoms with Crippen molar-refractivity contribution in [2.45, 2.75) is 31.2 Å². The molecule has 3 nitrogen and oxygen atoms in total. The highest BCUT2D eigenvalue weighted by Gasteiger charge is 2.26. The summed E-state index contributed by atoms with van der Waals surface area (Å²) < 4.78 is 0. The Morgan fingerprint density at radius 3 is 2.83 bits per heavy atom. The lowest BCUT2D eigenvalue weighted by atomic mass is 9.90. The minimum Gasteiger partial charge on any atom is -0.297 e. The summed E-state index contributed by atoms with van der Waals surface area (Å²) in [4.78, 5) is 22.0. The zero-order chi connectivity index (χ0) is 16.2. The van der Waals surface area contributed by atoms with E-state index in [0.29, 0.717) is 5.78 Å². The Morgan fingerprint density at radius 1 is 1.39 bits per heavy atom. The van der Waals surface area contributed by atoms with Crippen LogP contribution in [0, 0.1) is 12.8 Å². The van der Waals surface area contributed by atoms with Crippen molar-refractivity contribution < 1.29 is 4.79 Å². The lowest BCUT2D eigenvalue weighted by Crippen LogP contribution is -2.38. The van der Waals surface area contributed by atoms with Gasteiger partial charge in [-0.1, -0.05) is 12.1 Å². The van der Waals surface area contributed by atoms with E-state index in [-0.39, 0.29) is 5.92 Å². The Balaban J connectivity index is 1.63. The van der Waals surface area contributed by atoms with Gasteiger partial charge in [0.25, 0.3) is 0 Å². The Labute approximate surface area is 146 Å². The first-order valence-electron chi connectivity index (χ1n) is 7.97. The first-order chi connectivity index (χ1) is 11.2. The highest BCUT2D eigenvalue weighted by atomic mass is 32.2. The number of likely N-dealkylation sites (tertiary alicyclic amines) is 1. The van der Waals surface area contributed by atoms with Gasteiger partial charge in [0.2, 0.25) is 0 Å². The molecule has 2 aromatic rings. The molecule has 1 aromatic heterocycles. The molecule has 0 aliphatic carbocycles. The van der Waals surface area contributed by atoms with Gasteiger partial charge in [0, 0.05) is 40.5 Å². The van der Waals surface area contributed by atoms with Crippen molar-refractivity contribution in [3.8, 4) is 0 Å². The van der Waals surface area contributed by atoms with Crippen molar-refractivity contribution in [3.63, 3.8) is 0 Å². The lowest BCUT2D eigenvalue weighted by molar-refractivity contribution is 0.0812. The first-order valence-corrected chi connectivity index (χ1v) is 10.0. The van der Waals surface area contributed by atoms with Crippen LogP contribution in [0.3, 0.4) is 0 Å². The fourth-order valence-electron chi connectivity index (χ4n) is 3.10. The summed E-state index contributed by atoms with van der Waals surface area (Å²) in [6.45, 7) is 4.89. The van der Waals surface area contributed by atoms with Crippen LogP contribution in [0.5, 0.6) is 0 Å². The van der Waals surface area contributed by atoms with Crippen LogP contribution in [0.25, 0.3) is 0 Å². The highest BCUT2D eigenvalue weighted by Crippen LogP contribution is 2.24. The number of carbonyl (C=O) groups excluding carboxylic acids is 1. The number of aryl methyl sites for hydroxylation is 1. The lowest BCUT2D eigenvalue weighted by Gasteiger charge is -2.31. The highest BCUT2D eigenvalue weighted by molar-refractivity contribution is 7.98. The van der Waals surface area contributed by atoms with E-state index < -0.39 is 0 Å². The molecule has 0 radical (unpaired) electrons. The Bertz CT molecular complexity index is 666. The van der Waals surface area contributed by atoms with Crippen LogP contribution in [0.2, 0.25) is 0 Å². The average molecular weight is 347 g/mol. The SMILES string of the molecule is CSc1ccc(C(=O)[C@@H]2CCCN(Cc3cnc(C)s3)C2)cc1. The van der Waals surface area contributed by atoms with E-state index in [2.05, 4.69) is 16.1 Å². The van der Waals surface area contributed by atoms with Gasteiger partial charge in [0.15, 0.2) is 5.78 Å². The summed E-state index contributed by atoms with van der Waals surface area (Å²) in [7, 11) is 0. The molecule has 0 bridgehead atoms. The normalized spacial score (nSPS) is 19.0. The standard InChI is InChI=1S/C18H22N2OS2/c1-13-19-10-17(23-13)12-20-9-3-4-15(11-20)18(21)14-5-7-16(22-2)8-6-14/h5-8,10,15H,3-4,9,11-12H2,1-2H3/t15-/m1/s1. The summed E-state index contributed by atoms with van der Waals surface area (Å²) >= 11 is 3.46. The van der Waals surface area contributed by atoms with E-state index in [4.69, 9.17) is 0 Å². The zero-order valence-electron chi connectivity index (χ0n) is 13.6. The van der Waals surface area contributed by atoms with Crippen LogP contribution in [-0.4, -0.2) is 35.0 Å². The Kier molecular flexibility index (Phi) is 5.51. The third-order valence-corrected chi connectivity index (χ3v) is 5.94. The molecule has 1 saturated heterocycles. The number of hydrogen-bond donors (Lipinski definition) is 0. The number of carbonyl (C=O) groups is 1. The first kappa shape index (κ1) is 16.7. The van der Waals surface area contributed by atoms with Gasteiger partial charge in [-0.15, -0.1) is 23.1 Å². The maximum atomic E-state index is 12.8. The van der Waals surface area contributed by atoms with Crippen molar-refractivity contribution in [2.75, 3.05) is 19.3 Å². The minimum atomic E-state index is 0.123. The maximum Gasteiger partial charge on any atom is 0.167 e. The summed E-state index contributed by atoms with van der Waals surface area (Å²) in [6.07, 6.45) is 6.11. The molecule has 1 aliphatic rings. The van der Waals surface area contributed by atoms with Crippen LogP contribution in [-0.2, 0) is 6.54 Å². The molecule has 0 N–H and O–H groups in total. The van der Waals surface area contributed by atoms with E-state index in [0.717, 1.165) is 43.0 Å². The monoisotopic (exact) mass is 346 g/mol. The smallest absolute Gasteiger partial charge is 0.167 e. The molecule has 0 unspecified atom stereocenters. The van der Waals surface area contributed by atoms with Gasteiger partial charge in [0.05, 0.1) is 5.01 Å². The molecule has 1 atom stereocenters. The number of ketones is 1. The Hall–Kier alpha value is -1.17. The molecule has 2 heterocycles. The molecule has 122 valence electrons. The van der Waals surface area contributed by atoms with Gasteiger partial charge in [-0.3, -0.25) is 9.69 Å². The second-order valence-corrected chi connectivity index (χ2v) is 8.21. The molecule has 0 saturated carbocycles. The topological polar surface area (TPSA) is 33.2 Å². The van der Waals surface area contributed by atoms with E-state index in [1.54, 1.807) is 23.1 Å². The third kappa shape index (κ3) is 4.22. The van der Waals surface area contributed by atoms with E-state index in [1.165, 1.54) is 9.77 Å². The fraction of sp³-hybridized carbons (Fsp3) is 0.444. The number of aromatic nitrogens is 1. The third-order valence-electron chi connectivity index (χ3n) is 4.30. The van der Waals surface area contributed by atoms with Crippen molar-refractivity contribution in [1.82, 2.24) is 9.88 Å². The zero-order valence-corrected chi connectivity index (χ0v) is 15.3. The summed E-state index contributed by atoms with van der Waals surface area (Å²) in [6, 6.07) is 8.02. The molecule has 23 heavy (non-hydrogen) atoms. The second kappa shape index (κ2) is 7.60. The predicted molar refractivity (Wildman–Crippen MR) is 97.4 cm³/mol. The van der Waals surface area contributed by atoms with Crippen molar-refractivity contribution >= 4 is 28.9 Å². The van der Waals surface area contributed by atoms with Crippen LogP contribution in [0.4, 0.5) is 0 Å². The number of hydrogen-bond acceptors (Lipinski definition) is 5. The molecule has 5 heteroatoms. The molecule has 0 spiro atoms. The summed E-state index contributed by atoms with van der Waals surface area (Å²) in [5, 5.41) is 1.11. The number of piperidine rings is 1. The van der Waals surface area contributed by atoms with Crippen LogP contribution < -0.4 is 0 Å². The second-order valence-electron chi connectivity index (χ2n) is 6.01. The number of Topliss-reactive ketones (excluding diaryl/α,β-unsaturated/α-hetero) is 1. The maximum absolute atomic E-state index is 12.8. The van der Waals surface area contributed by atoms with Crippen molar-refractivity contribution in [2.24, 2.45) is 5.92 Å². The van der Waals surface area contributed by atoms with Gasteiger partial charge in [0.1, 0.15) is 0 Å². The van der Waals surface area contributed by atoms with Crippen molar-refractivity contribution in [1.29, 1.82) is 0 Å². The van der Waals surface area contributed by atoms with Gasteiger partial charge in [-0.25, -0.2) is 4.98 Å². The summed E-state index contributed by atoms with van der Waals surface area (Å²) in [5.41, 5.74) is 0.850. The Morgan fingerprint density at radius 2 is 2.17 bits per heavy atom. The molecular weight excluding hydrogens is 324 g/mol. The molecular formula is C18H22N2OS2. The minimum absolute atomic E-state index is 0.123. The largest absolute Gasteiger partial charge is 0.297 e. The molecule has 1 fully saturated rings. The number of thioether (sulfide) groups is 1. The van der Waals surface area contributed by atoms with Gasteiger partial charge < -0.3 is 0 Å². The number of rotatable bonds is 5. The van der Waals surface area contributed by atoms with Gasteiger partial charge >= 0.3 is 0 Å².